The number of hydrogen-bond donors (Lipinski definition) is 2. The predicted octanol–water partition coefficient (Wildman–Crippen LogP) is 2.74. The summed E-state index contributed by atoms with van der Waals surface area (Å²) in [5.41, 5.74) is 1.12. The van der Waals surface area contributed by atoms with Crippen molar-refractivity contribution < 1.29 is 14.6 Å². The third kappa shape index (κ3) is 6.26. The van der Waals surface area contributed by atoms with Gasteiger partial charge < -0.3 is 19.9 Å². The summed E-state index contributed by atoms with van der Waals surface area (Å²) in [4.78, 5) is 0. The first-order chi connectivity index (χ1) is 9.81. The number of rotatable bonds is 11. The van der Waals surface area contributed by atoms with Crippen LogP contribution in [0.5, 0.6) is 11.5 Å². The van der Waals surface area contributed by atoms with Gasteiger partial charge in [0, 0.05) is 13.1 Å². The number of methoxy groups -OCH3 is 1. The molecule has 0 aliphatic rings. The molecule has 0 heterocycles. The molecule has 0 amide bonds. The summed E-state index contributed by atoms with van der Waals surface area (Å²) < 4.78 is 11.1. The normalized spacial score (nSPS) is 10.6. The fourth-order valence-electron chi connectivity index (χ4n) is 1.96. The number of ether oxygens (including phenoxy) is 2. The van der Waals surface area contributed by atoms with Crippen LogP contribution in [-0.2, 0) is 6.54 Å². The minimum absolute atomic E-state index is 0.149. The van der Waals surface area contributed by atoms with E-state index in [2.05, 4.69) is 12.2 Å². The molecule has 0 unspecified atom stereocenters. The fourth-order valence-corrected chi connectivity index (χ4v) is 1.96. The van der Waals surface area contributed by atoms with Gasteiger partial charge in [-0.3, -0.25) is 0 Å². The van der Waals surface area contributed by atoms with Gasteiger partial charge in [0.15, 0.2) is 11.5 Å². The highest BCUT2D eigenvalue weighted by molar-refractivity contribution is 5.42. The maximum Gasteiger partial charge on any atom is 0.161 e. The van der Waals surface area contributed by atoms with Gasteiger partial charge in [-0.05, 0) is 24.1 Å². The lowest BCUT2D eigenvalue weighted by atomic mass is 10.2. The summed E-state index contributed by atoms with van der Waals surface area (Å²) in [7, 11) is 1.66. The molecule has 1 aromatic rings. The first kappa shape index (κ1) is 16.8. The quantitative estimate of drug-likeness (QED) is 0.612. The van der Waals surface area contributed by atoms with Crippen LogP contribution in [0.2, 0.25) is 0 Å². The zero-order chi connectivity index (χ0) is 14.6. The lowest BCUT2D eigenvalue weighted by molar-refractivity contribution is 0.284. The average Bonchev–Trinajstić information content (AvgIpc) is 2.48. The summed E-state index contributed by atoms with van der Waals surface area (Å²) in [6, 6.07) is 5.95. The van der Waals surface area contributed by atoms with E-state index in [1.807, 2.05) is 18.2 Å². The van der Waals surface area contributed by atoms with E-state index in [0.717, 1.165) is 30.1 Å². The molecule has 4 heteroatoms. The molecule has 2 N–H and O–H groups in total. The van der Waals surface area contributed by atoms with Gasteiger partial charge in [-0.25, -0.2) is 0 Å². The lowest BCUT2D eigenvalue weighted by Gasteiger charge is -2.12. The summed E-state index contributed by atoms with van der Waals surface area (Å²) >= 11 is 0. The SMILES string of the molecule is CCCCCCOc1ccc(CNCCO)cc1OC. The number of nitrogens with one attached hydrogen (secondary N) is 1. The molecule has 0 aromatic heterocycles. The van der Waals surface area contributed by atoms with Crippen molar-refractivity contribution in [1.82, 2.24) is 5.32 Å². The van der Waals surface area contributed by atoms with Crippen LogP contribution in [0.1, 0.15) is 38.2 Å². The van der Waals surface area contributed by atoms with E-state index in [1.54, 1.807) is 7.11 Å². The van der Waals surface area contributed by atoms with Crippen LogP contribution >= 0.6 is 0 Å². The van der Waals surface area contributed by atoms with Crippen molar-refractivity contribution in [1.29, 1.82) is 0 Å². The van der Waals surface area contributed by atoms with Crippen LogP contribution in [0.25, 0.3) is 0 Å². The molecule has 0 atom stereocenters. The number of aliphatic hydroxyl groups excluding tert-OH is 1. The minimum atomic E-state index is 0.149. The lowest BCUT2D eigenvalue weighted by Crippen LogP contribution is -2.17. The highest BCUT2D eigenvalue weighted by Gasteiger charge is 2.05. The van der Waals surface area contributed by atoms with Gasteiger partial charge in [-0.1, -0.05) is 32.3 Å². The van der Waals surface area contributed by atoms with E-state index in [1.165, 1.54) is 19.3 Å². The molecule has 1 rings (SSSR count). The predicted molar refractivity (Wildman–Crippen MR) is 81.4 cm³/mol. The Morgan fingerprint density at radius 2 is 2.00 bits per heavy atom. The minimum Gasteiger partial charge on any atom is -0.493 e. The average molecular weight is 281 g/mol. The van der Waals surface area contributed by atoms with Gasteiger partial charge in [0.25, 0.3) is 0 Å². The van der Waals surface area contributed by atoms with Gasteiger partial charge >= 0.3 is 0 Å². The molecule has 0 aliphatic heterocycles. The molecule has 1 aromatic carbocycles. The second kappa shape index (κ2) is 10.5. The van der Waals surface area contributed by atoms with Gasteiger partial charge in [0.1, 0.15) is 0 Å². The Labute approximate surface area is 122 Å². The van der Waals surface area contributed by atoms with Crippen LogP contribution in [0.3, 0.4) is 0 Å². The van der Waals surface area contributed by atoms with E-state index in [9.17, 15) is 0 Å². The molecule has 0 radical (unpaired) electrons. The number of hydrogen-bond acceptors (Lipinski definition) is 4. The fraction of sp³-hybridized carbons (Fsp3) is 0.625. The van der Waals surface area contributed by atoms with Gasteiger partial charge in [0.05, 0.1) is 20.3 Å². The van der Waals surface area contributed by atoms with Crippen LogP contribution in [0, 0.1) is 0 Å². The van der Waals surface area contributed by atoms with Crippen molar-refractivity contribution in [2.75, 3.05) is 26.9 Å². The van der Waals surface area contributed by atoms with Crippen molar-refractivity contribution >= 4 is 0 Å². The van der Waals surface area contributed by atoms with Gasteiger partial charge in [-0.2, -0.15) is 0 Å². The van der Waals surface area contributed by atoms with Crippen molar-refractivity contribution in [2.24, 2.45) is 0 Å². The van der Waals surface area contributed by atoms with Crippen LogP contribution in [0.15, 0.2) is 18.2 Å². The van der Waals surface area contributed by atoms with E-state index in [4.69, 9.17) is 14.6 Å². The molecule has 0 fully saturated rings. The highest BCUT2D eigenvalue weighted by atomic mass is 16.5. The van der Waals surface area contributed by atoms with Crippen molar-refractivity contribution in [3.05, 3.63) is 23.8 Å². The first-order valence-electron chi connectivity index (χ1n) is 7.43. The summed E-state index contributed by atoms with van der Waals surface area (Å²) in [5, 5.41) is 11.9. The van der Waals surface area contributed by atoms with Crippen molar-refractivity contribution in [3.8, 4) is 11.5 Å². The van der Waals surface area contributed by atoms with Gasteiger partial charge in [0.2, 0.25) is 0 Å². The Hall–Kier alpha value is -1.26. The second-order valence-corrected chi connectivity index (χ2v) is 4.79. The molecule has 0 aliphatic carbocycles. The summed E-state index contributed by atoms with van der Waals surface area (Å²) in [5.74, 6) is 1.57. The highest BCUT2D eigenvalue weighted by Crippen LogP contribution is 2.28. The molecule has 0 saturated heterocycles. The van der Waals surface area contributed by atoms with E-state index in [0.29, 0.717) is 13.1 Å². The monoisotopic (exact) mass is 281 g/mol. The van der Waals surface area contributed by atoms with Crippen LogP contribution in [0.4, 0.5) is 0 Å². The third-order valence-corrected chi connectivity index (χ3v) is 3.10. The number of aliphatic hydroxyl groups is 1. The van der Waals surface area contributed by atoms with E-state index >= 15 is 0 Å². The summed E-state index contributed by atoms with van der Waals surface area (Å²) in [6.45, 7) is 4.40. The molecule has 0 bridgehead atoms. The Bertz CT molecular complexity index is 369. The van der Waals surface area contributed by atoms with Crippen LogP contribution < -0.4 is 14.8 Å². The van der Waals surface area contributed by atoms with E-state index in [-0.39, 0.29) is 6.61 Å². The molecule has 114 valence electrons. The largest absolute Gasteiger partial charge is 0.493 e. The maximum atomic E-state index is 8.74. The molecular formula is C16H27NO3. The zero-order valence-electron chi connectivity index (χ0n) is 12.7. The molecule has 0 saturated carbocycles. The third-order valence-electron chi connectivity index (χ3n) is 3.10. The second-order valence-electron chi connectivity index (χ2n) is 4.79. The Morgan fingerprint density at radius 3 is 2.70 bits per heavy atom. The topological polar surface area (TPSA) is 50.7 Å². The van der Waals surface area contributed by atoms with Gasteiger partial charge in [-0.15, -0.1) is 0 Å². The van der Waals surface area contributed by atoms with Crippen molar-refractivity contribution in [3.63, 3.8) is 0 Å². The number of benzene rings is 1. The first-order valence-corrected chi connectivity index (χ1v) is 7.43. The molecule has 0 spiro atoms. The molecule has 4 nitrogen and oxygen atoms in total. The van der Waals surface area contributed by atoms with Crippen LogP contribution in [-0.4, -0.2) is 32.0 Å². The zero-order valence-corrected chi connectivity index (χ0v) is 12.7. The molecular weight excluding hydrogens is 254 g/mol. The Balaban J connectivity index is 2.45. The standard InChI is InChI=1S/C16H27NO3/c1-3-4-5-6-11-20-15-8-7-14(12-16(15)19-2)13-17-9-10-18/h7-8,12,17-18H,3-6,9-11,13H2,1-2H3. The maximum absolute atomic E-state index is 8.74. The Kier molecular flexibility index (Phi) is 8.83. The van der Waals surface area contributed by atoms with E-state index < -0.39 is 0 Å². The Morgan fingerprint density at radius 1 is 1.15 bits per heavy atom. The molecule has 20 heavy (non-hydrogen) atoms. The van der Waals surface area contributed by atoms with Crippen molar-refractivity contribution in [2.45, 2.75) is 39.2 Å². The number of unbranched alkanes of at least 4 members (excludes halogenated alkanes) is 3. The summed E-state index contributed by atoms with van der Waals surface area (Å²) in [6.07, 6.45) is 4.79. The smallest absolute Gasteiger partial charge is 0.161 e.